The number of fused-ring (bicyclic) bond motifs is 1. The number of nitrogens with zero attached hydrogens (tertiary/aromatic N) is 3. The van der Waals surface area contributed by atoms with E-state index in [4.69, 9.17) is 21.1 Å². The molecular weight excluding hydrogens is 402 g/mol. The number of aromatic nitrogens is 1. The highest BCUT2D eigenvalue weighted by molar-refractivity contribution is 7.89. The Morgan fingerprint density at radius 3 is 2.64 bits per heavy atom. The lowest BCUT2D eigenvalue weighted by Gasteiger charge is -2.34. The van der Waals surface area contributed by atoms with Crippen LogP contribution in [0.15, 0.2) is 41.6 Å². The smallest absolute Gasteiger partial charge is 0.244 e. The van der Waals surface area contributed by atoms with Crippen molar-refractivity contribution in [2.45, 2.75) is 17.9 Å². The third-order valence-corrected chi connectivity index (χ3v) is 7.03. The van der Waals surface area contributed by atoms with Gasteiger partial charge in [0.15, 0.2) is 11.5 Å². The molecular formula is C19H22ClN3O4S. The summed E-state index contributed by atoms with van der Waals surface area (Å²) in [6.07, 6.45) is 3.78. The van der Waals surface area contributed by atoms with E-state index in [1.54, 1.807) is 18.3 Å². The van der Waals surface area contributed by atoms with E-state index < -0.39 is 10.0 Å². The average molecular weight is 424 g/mol. The lowest BCUT2D eigenvalue weighted by Crippen LogP contribution is -2.48. The molecule has 150 valence electrons. The van der Waals surface area contributed by atoms with E-state index in [2.05, 4.69) is 9.88 Å². The van der Waals surface area contributed by atoms with Crippen LogP contribution in [-0.2, 0) is 16.6 Å². The summed E-state index contributed by atoms with van der Waals surface area (Å²) >= 11 is 6.37. The third-order valence-electron chi connectivity index (χ3n) is 4.87. The SMILES string of the molecule is O=S(=O)(c1cccnc1)N1CCN(Cc2cc(Cl)c3c(c2)OCCCO3)CC1. The molecule has 0 spiro atoms. The maximum absolute atomic E-state index is 12.7. The minimum absolute atomic E-state index is 0.234. The van der Waals surface area contributed by atoms with Crippen LogP contribution in [0.25, 0.3) is 0 Å². The Kier molecular flexibility index (Phi) is 5.73. The predicted octanol–water partition coefficient (Wildman–Crippen LogP) is 2.40. The molecule has 2 aliphatic rings. The molecule has 1 aromatic heterocycles. The number of rotatable bonds is 4. The fourth-order valence-corrected chi connectivity index (χ4v) is 5.08. The molecule has 28 heavy (non-hydrogen) atoms. The summed E-state index contributed by atoms with van der Waals surface area (Å²) in [4.78, 5) is 6.36. The number of piperazine rings is 1. The normalized spacial score (nSPS) is 18.6. The van der Waals surface area contributed by atoms with Crippen molar-refractivity contribution < 1.29 is 17.9 Å². The number of ether oxygens (including phenoxy) is 2. The molecule has 0 radical (unpaired) electrons. The first-order chi connectivity index (χ1) is 13.5. The van der Waals surface area contributed by atoms with E-state index in [1.807, 2.05) is 12.1 Å². The summed E-state index contributed by atoms with van der Waals surface area (Å²) in [6.45, 7) is 4.05. The molecule has 1 fully saturated rings. The van der Waals surface area contributed by atoms with Crippen molar-refractivity contribution in [1.29, 1.82) is 0 Å². The molecule has 7 nitrogen and oxygen atoms in total. The number of hydrogen-bond acceptors (Lipinski definition) is 6. The topological polar surface area (TPSA) is 72.0 Å². The van der Waals surface area contributed by atoms with Gasteiger partial charge in [-0.2, -0.15) is 4.31 Å². The van der Waals surface area contributed by atoms with E-state index in [0.717, 1.165) is 12.0 Å². The Balaban J connectivity index is 1.41. The minimum atomic E-state index is -3.49. The highest BCUT2D eigenvalue weighted by atomic mass is 35.5. The molecule has 0 aliphatic carbocycles. The molecule has 0 atom stereocenters. The van der Waals surface area contributed by atoms with Crippen molar-refractivity contribution in [3.05, 3.63) is 47.2 Å². The molecule has 0 saturated carbocycles. The molecule has 0 N–H and O–H groups in total. The van der Waals surface area contributed by atoms with Gasteiger partial charge in [-0.1, -0.05) is 11.6 Å². The summed E-state index contributed by atoms with van der Waals surface area (Å²) in [5.41, 5.74) is 1.03. The molecule has 0 unspecified atom stereocenters. The van der Waals surface area contributed by atoms with Gasteiger partial charge in [0.1, 0.15) is 4.90 Å². The zero-order valence-corrected chi connectivity index (χ0v) is 17.0. The Labute approximate surface area is 169 Å². The number of pyridine rings is 1. The molecule has 2 aliphatic heterocycles. The maximum atomic E-state index is 12.7. The van der Waals surface area contributed by atoms with Crippen LogP contribution in [0.1, 0.15) is 12.0 Å². The van der Waals surface area contributed by atoms with Gasteiger partial charge in [0.05, 0.1) is 18.2 Å². The van der Waals surface area contributed by atoms with Gasteiger partial charge in [0.25, 0.3) is 0 Å². The highest BCUT2D eigenvalue weighted by Gasteiger charge is 2.28. The predicted molar refractivity (Wildman–Crippen MR) is 105 cm³/mol. The monoisotopic (exact) mass is 423 g/mol. The number of halogens is 1. The second-order valence-electron chi connectivity index (χ2n) is 6.82. The Morgan fingerprint density at radius 1 is 1.11 bits per heavy atom. The summed E-state index contributed by atoms with van der Waals surface area (Å²) in [6, 6.07) is 7.07. The van der Waals surface area contributed by atoms with E-state index in [0.29, 0.717) is 62.5 Å². The summed E-state index contributed by atoms with van der Waals surface area (Å²) < 4.78 is 38.4. The van der Waals surface area contributed by atoms with Gasteiger partial charge < -0.3 is 9.47 Å². The van der Waals surface area contributed by atoms with E-state index in [-0.39, 0.29) is 4.90 Å². The fourth-order valence-electron chi connectivity index (χ4n) is 3.41. The van der Waals surface area contributed by atoms with Crippen molar-refractivity contribution in [2.24, 2.45) is 0 Å². The van der Waals surface area contributed by atoms with Gasteiger partial charge in [-0.05, 0) is 29.8 Å². The van der Waals surface area contributed by atoms with Crippen molar-refractivity contribution >= 4 is 21.6 Å². The average Bonchev–Trinajstić information content (AvgIpc) is 2.95. The van der Waals surface area contributed by atoms with Crippen molar-refractivity contribution in [1.82, 2.24) is 14.2 Å². The molecule has 0 bridgehead atoms. The van der Waals surface area contributed by atoms with Crippen molar-refractivity contribution in [3.8, 4) is 11.5 Å². The van der Waals surface area contributed by atoms with Crippen LogP contribution < -0.4 is 9.47 Å². The number of sulfonamides is 1. The van der Waals surface area contributed by atoms with Crippen LogP contribution in [-0.4, -0.2) is 62.0 Å². The summed E-state index contributed by atoms with van der Waals surface area (Å²) in [5.74, 6) is 1.29. The Bertz CT molecular complexity index is 932. The zero-order chi connectivity index (χ0) is 19.6. The first-order valence-corrected chi connectivity index (χ1v) is 11.1. The van der Waals surface area contributed by atoms with Crippen LogP contribution in [0.2, 0.25) is 5.02 Å². The zero-order valence-electron chi connectivity index (χ0n) is 15.4. The minimum Gasteiger partial charge on any atom is -0.489 e. The maximum Gasteiger partial charge on any atom is 0.244 e. The molecule has 2 aromatic rings. The summed E-state index contributed by atoms with van der Waals surface area (Å²) in [5, 5.41) is 0.548. The second-order valence-corrected chi connectivity index (χ2v) is 9.17. The quantitative estimate of drug-likeness (QED) is 0.752. The first-order valence-electron chi connectivity index (χ1n) is 9.24. The van der Waals surface area contributed by atoms with Crippen molar-refractivity contribution in [3.63, 3.8) is 0 Å². The van der Waals surface area contributed by atoms with Crippen LogP contribution in [0.4, 0.5) is 0 Å². The lowest BCUT2D eigenvalue weighted by atomic mass is 10.1. The van der Waals surface area contributed by atoms with E-state index >= 15 is 0 Å². The van der Waals surface area contributed by atoms with Gasteiger partial charge in [-0.25, -0.2) is 8.42 Å². The first kappa shape index (κ1) is 19.4. The summed E-state index contributed by atoms with van der Waals surface area (Å²) in [7, 11) is -3.49. The third kappa shape index (κ3) is 4.10. The molecule has 0 amide bonds. The molecule has 1 saturated heterocycles. The molecule has 4 rings (SSSR count). The second kappa shape index (κ2) is 8.24. The Hall–Kier alpha value is -1.87. The van der Waals surface area contributed by atoms with E-state index in [1.165, 1.54) is 10.5 Å². The van der Waals surface area contributed by atoms with Gasteiger partial charge in [0, 0.05) is 51.5 Å². The lowest BCUT2D eigenvalue weighted by molar-refractivity contribution is 0.181. The van der Waals surface area contributed by atoms with Gasteiger partial charge in [-0.15, -0.1) is 0 Å². The largest absolute Gasteiger partial charge is 0.489 e. The van der Waals surface area contributed by atoms with Crippen LogP contribution >= 0.6 is 11.6 Å². The molecule has 1 aromatic carbocycles. The van der Waals surface area contributed by atoms with Gasteiger partial charge in [0.2, 0.25) is 10.0 Å². The fraction of sp³-hybridized carbons (Fsp3) is 0.421. The van der Waals surface area contributed by atoms with Crippen molar-refractivity contribution in [2.75, 3.05) is 39.4 Å². The van der Waals surface area contributed by atoms with Crippen LogP contribution in [0.5, 0.6) is 11.5 Å². The standard InChI is InChI=1S/C19H22ClN3O4S/c20-17-11-15(12-18-19(17)27-10-2-9-26-18)14-22-5-7-23(8-6-22)28(24,25)16-3-1-4-21-13-16/h1,3-4,11-13H,2,5-10,14H2. The van der Waals surface area contributed by atoms with Gasteiger partial charge in [-0.3, -0.25) is 9.88 Å². The molecule has 9 heteroatoms. The van der Waals surface area contributed by atoms with Crippen LogP contribution in [0.3, 0.4) is 0 Å². The number of hydrogen-bond donors (Lipinski definition) is 0. The molecule has 3 heterocycles. The number of benzene rings is 1. The van der Waals surface area contributed by atoms with E-state index in [9.17, 15) is 8.42 Å². The van der Waals surface area contributed by atoms with Gasteiger partial charge >= 0.3 is 0 Å². The Morgan fingerprint density at radius 2 is 1.89 bits per heavy atom. The highest BCUT2D eigenvalue weighted by Crippen LogP contribution is 2.38. The van der Waals surface area contributed by atoms with Crippen LogP contribution in [0, 0.1) is 0 Å².